The molecule has 2 aromatic heterocycles. The third-order valence-electron chi connectivity index (χ3n) is 3.58. The fourth-order valence-corrected chi connectivity index (χ4v) is 2.48. The summed E-state index contributed by atoms with van der Waals surface area (Å²) in [7, 11) is 0. The van der Waals surface area contributed by atoms with Gasteiger partial charge in [-0.25, -0.2) is 9.97 Å². The molecular formula is C15H18N4O2. The topological polar surface area (TPSA) is 80.0 Å². The van der Waals surface area contributed by atoms with E-state index in [1.165, 1.54) is 12.8 Å². The first kappa shape index (κ1) is 13.6. The van der Waals surface area contributed by atoms with Crippen molar-refractivity contribution in [2.45, 2.75) is 38.3 Å². The number of carbonyl (C=O) groups excluding carboxylic acids is 1. The first-order chi connectivity index (χ1) is 10.3. The number of hydrogen-bond donors (Lipinski definition) is 2. The summed E-state index contributed by atoms with van der Waals surface area (Å²) in [5, 5.41) is 6.06. The maximum atomic E-state index is 12.1. The van der Waals surface area contributed by atoms with Crippen LogP contribution in [-0.4, -0.2) is 21.9 Å². The van der Waals surface area contributed by atoms with Crippen molar-refractivity contribution >= 4 is 11.9 Å². The number of hydrogen-bond acceptors (Lipinski definition) is 5. The first-order valence-corrected chi connectivity index (χ1v) is 7.21. The fourth-order valence-electron chi connectivity index (χ4n) is 2.48. The second-order valence-corrected chi connectivity index (χ2v) is 5.15. The molecule has 21 heavy (non-hydrogen) atoms. The van der Waals surface area contributed by atoms with Gasteiger partial charge in [0.2, 0.25) is 5.95 Å². The van der Waals surface area contributed by atoms with Gasteiger partial charge in [0.1, 0.15) is 11.5 Å². The molecule has 1 fully saturated rings. The van der Waals surface area contributed by atoms with Crippen LogP contribution in [0.25, 0.3) is 0 Å². The van der Waals surface area contributed by atoms with Gasteiger partial charge in [-0.3, -0.25) is 4.79 Å². The average Bonchev–Trinajstić information content (AvgIpc) is 3.19. The van der Waals surface area contributed by atoms with Crippen LogP contribution < -0.4 is 10.6 Å². The number of anilines is 1. The van der Waals surface area contributed by atoms with Crippen LogP contribution in [0.2, 0.25) is 0 Å². The van der Waals surface area contributed by atoms with Crippen LogP contribution in [0.1, 0.15) is 41.9 Å². The van der Waals surface area contributed by atoms with E-state index in [0.717, 1.165) is 18.6 Å². The molecule has 0 saturated heterocycles. The normalized spacial score (nSPS) is 15.0. The number of nitrogens with one attached hydrogen (secondary N) is 2. The van der Waals surface area contributed by atoms with E-state index in [2.05, 4.69) is 20.6 Å². The van der Waals surface area contributed by atoms with Crippen molar-refractivity contribution in [3.05, 3.63) is 42.1 Å². The van der Waals surface area contributed by atoms with Gasteiger partial charge in [-0.2, -0.15) is 0 Å². The predicted octanol–water partition coefficient (Wildman–Crippen LogP) is 2.35. The third-order valence-corrected chi connectivity index (χ3v) is 3.58. The van der Waals surface area contributed by atoms with E-state index in [1.54, 1.807) is 18.5 Å². The molecule has 0 aromatic carbocycles. The van der Waals surface area contributed by atoms with Gasteiger partial charge in [-0.1, -0.05) is 12.8 Å². The highest BCUT2D eigenvalue weighted by atomic mass is 16.3. The van der Waals surface area contributed by atoms with E-state index in [4.69, 9.17) is 4.42 Å². The molecule has 110 valence electrons. The maximum Gasteiger partial charge on any atom is 0.270 e. The van der Waals surface area contributed by atoms with Crippen LogP contribution >= 0.6 is 0 Å². The zero-order valence-electron chi connectivity index (χ0n) is 11.7. The minimum atomic E-state index is -0.134. The van der Waals surface area contributed by atoms with Gasteiger partial charge >= 0.3 is 0 Å². The van der Waals surface area contributed by atoms with Gasteiger partial charge in [0.15, 0.2) is 0 Å². The summed E-state index contributed by atoms with van der Waals surface area (Å²) in [4.78, 5) is 20.5. The van der Waals surface area contributed by atoms with Gasteiger partial charge in [-0.15, -0.1) is 0 Å². The van der Waals surface area contributed by atoms with Crippen molar-refractivity contribution in [2.24, 2.45) is 0 Å². The number of furan rings is 1. The molecule has 0 radical (unpaired) electrons. The Morgan fingerprint density at radius 2 is 2.19 bits per heavy atom. The van der Waals surface area contributed by atoms with Crippen molar-refractivity contribution < 1.29 is 9.21 Å². The van der Waals surface area contributed by atoms with Crippen LogP contribution in [0.5, 0.6) is 0 Å². The van der Waals surface area contributed by atoms with E-state index < -0.39 is 0 Å². The quantitative estimate of drug-likeness (QED) is 0.882. The summed E-state index contributed by atoms with van der Waals surface area (Å²) >= 11 is 0. The molecule has 1 aliphatic carbocycles. The number of amides is 1. The smallest absolute Gasteiger partial charge is 0.270 e. The second kappa shape index (κ2) is 6.39. The molecule has 2 aromatic rings. The Hall–Kier alpha value is -2.37. The highest BCUT2D eigenvalue weighted by molar-refractivity contribution is 5.92. The minimum Gasteiger partial charge on any atom is -0.467 e. The minimum absolute atomic E-state index is 0.134. The Morgan fingerprint density at radius 1 is 1.33 bits per heavy atom. The molecule has 0 unspecified atom stereocenters. The van der Waals surface area contributed by atoms with Crippen molar-refractivity contribution in [2.75, 3.05) is 5.32 Å². The summed E-state index contributed by atoms with van der Waals surface area (Å²) in [6.45, 7) is 0.487. The highest BCUT2D eigenvalue weighted by Crippen LogP contribution is 2.18. The molecule has 1 amide bonds. The molecule has 2 heterocycles. The molecule has 0 spiro atoms. The molecule has 3 rings (SSSR count). The van der Waals surface area contributed by atoms with Crippen LogP contribution in [0, 0.1) is 0 Å². The van der Waals surface area contributed by atoms with Crippen LogP contribution in [0.15, 0.2) is 35.1 Å². The van der Waals surface area contributed by atoms with Gasteiger partial charge in [0, 0.05) is 12.2 Å². The molecule has 2 N–H and O–H groups in total. The van der Waals surface area contributed by atoms with Crippen molar-refractivity contribution in [1.29, 1.82) is 0 Å². The lowest BCUT2D eigenvalue weighted by Crippen LogP contribution is -2.33. The molecule has 0 aliphatic heterocycles. The molecule has 0 bridgehead atoms. The lowest BCUT2D eigenvalue weighted by Gasteiger charge is -2.11. The van der Waals surface area contributed by atoms with E-state index in [9.17, 15) is 4.79 Å². The first-order valence-electron chi connectivity index (χ1n) is 7.21. The number of aromatic nitrogens is 2. The number of carbonyl (C=O) groups is 1. The van der Waals surface area contributed by atoms with Gasteiger partial charge in [0.25, 0.3) is 5.91 Å². The fraction of sp³-hybridized carbons (Fsp3) is 0.400. The Labute approximate surface area is 123 Å². The summed E-state index contributed by atoms with van der Waals surface area (Å²) in [6.07, 6.45) is 7.68. The molecule has 6 nitrogen and oxygen atoms in total. The number of nitrogens with zero attached hydrogens (tertiary/aromatic N) is 2. The molecule has 0 atom stereocenters. The Morgan fingerprint density at radius 3 is 2.95 bits per heavy atom. The molecule has 1 saturated carbocycles. The zero-order valence-corrected chi connectivity index (χ0v) is 11.7. The predicted molar refractivity (Wildman–Crippen MR) is 77.8 cm³/mol. The standard InChI is InChI=1S/C15H18N4O2/c20-14(18-11-4-1-2-5-11)13-7-8-16-15(19-13)17-10-12-6-3-9-21-12/h3,6-9,11H,1-2,4-5,10H2,(H,18,20)(H,16,17,19). The van der Waals surface area contributed by atoms with Crippen LogP contribution in [0.3, 0.4) is 0 Å². The van der Waals surface area contributed by atoms with Gasteiger partial charge in [-0.05, 0) is 31.0 Å². The van der Waals surface area contributed by atoms with E-state index >= 15 is 0 Å². The summed E-state index contributed by atoms with van der Waals surface area (Å²) in [6, 6.07) is 5.60. The Bertz CT molecular complexity index is 591. The van der Waals surface area contributed by atoms with Crippen molar-refractivity contribution in [3.8, 4) is 0 Å². The van der Waals surface area contributed by atoms with E-state index in [1.807, 2.05) is 12.1 Å². The second-order valence-electron chi connectivity index (χ2n) is 5.15. The largest absolute Gasteiger partial charge is 0.467 e. The Kier molecular flexibility index (Phi) is 4.14. The molecular weight excluding hydrogens is 268 g/mol. The summed E-state index contributed by atoms with van der Waals surface area (Å²) < 4.78 is 5.22. The lowest BCUT2D eigenvalue weighted by molar-refractivity contribution is 0.0933. The average molecular weight is 286 g/mol. The third kappa shape index (κ3) is 3.59. The van der Waals surface area contributed by atoms with Crippen molar-refractivity contribution in [1.82, 2.24) is 15.3 Å². The Balaban J connectivity index is 1.60. The monoisotopic (exact) mass is 286 g/mol. The summed E-state index contributed by atoms with van der Waals surface area (Å²) in [5.74, 6) is 1.08. The molecule has 1 aliphatic rings. The summed E-state index contributed by atoms with van der Waals surface area (Å²) in [5.41, 5.74) is 0.388. The van der Waals surface area contributed by atoms with Gasteiger partial charge in [0.05, 0.1) is 12.8 Å². The zero-order chi connectivity index (χ0) is 14.5. The molecule has 6 heteroatoms. The van der Waals surface area contributed by atoms with Crippen LogP contribution in [-0.2, 0) is 6.54 Å². The lowest BCUT2D eigenvalue weighted by atomic mass is 10.2. The number of rotatable bonds is 5. The SMILES string of the molecule is O=C(NC1CCCC1)c1ccnc(NCc2ccco2)n1. The van der Waals surface area contributed by atoms with Crippen molar-refractivity contribution in [3.63, 3.8) is 0 Å². The van der Waals surface area contributed by atoms with E-state index in [-0.39, 0.29) is 11.9 Å². The maximum absolute atomic E-state index is 12.1. The highest BCUT2D eigenvalue weighted by Gasteiger charge is 2.18. The van der Waals surface area contributed by atoms with E-state index in [0.29, 0.717) is 18.2 Å². The van der Waals surface area contributed by atoms with Gasteiger partial charge < -0.3 is 15.1 Å². The van der Waals surface area contributed by atoms with Crippen LogP contribution in [0.4, 0.5) is 5.95 Å².